The van der Waals surface area contributed by atoms with Crippen LogP contribution in [0.25, 0.3) is 10.9 Å². The van der Waals surface area contributed by atoms with Crippen molar-refractivity contribution < 1.29 is 0 Å². The highest BCUT2D eigenvalue weighted by molar-refractivity contribution is 5.87. The van der Waals surface area contributed by atoms with Crippen LogP contribution in [0.15, 0.2) is 42.7 Å². The van der Waals surface area contributed by atoms with Crippen LogP contribution in [0.3, 0.4) is 0 Å². The average Bonchev–Trinajstić information content (AvgIpc) is 3.25. The zero-order valence-corrected chi connectivity index (χ0v) is 15.4. The van der Waals surface area contributed by atoms with Crippen molar-refractivity contribution in [2.24, 2.45) is 5.73 Å². The van der Waals surface area contributed by atoms with Gasteiger partial charge in [0.25, 0.3) is 0 Å². The van der Waals surface area contributed by atoms with Gasteiger partial charge in [-0.3, -0.25) is 9.88 Å². The van der Waals surface area contributed by atoms with Crippen LogP contribution in [-0.2, 0) is 13.0 Å². The lowest BCUT2D eigenvalue weighted by atomic mass is 9.95. The lowest BCUT2D eigenvalue weighted by molar-refractivity contribution is 0.241. The Morgan fingerprint density at radius 2 is 2.00 bits per heavy atom. The van der Waals surface area contributed by atoms with Gasteiger partial charge in [0.05, 0.1) is 0 Å². The molecule has 4 heterocycles. The molecule has 0 saturated carbocycles. The Morgan fingerprint density at radius 1 is 1.19 bits per heavy atom. The van der Waals surface area contributed by atoms with E-state index in [1.54, 1.807) is 5.56 Å². The fourth-order valence-corrected chi connectivity index (χ4v) is 4.98. The summed E-state index contributed by atoms with van der Waals surface area (Å²) in [4.78, 5) is 6.80. The fourth-order valence-electron chi connectivity index (χ4n) is 4.98. The highest BCUT2D eigenvalue weighted by Crippen LogP contribution is 2.43. The Balaban J connectivity index is 0.00000180. The molecule has 5 rings (SSSR count). The van der Waals surface area contributed by atoms with Crippen molar-refractivity contribution >= 4 is 10.9 Å². The average molecular weight is 363 g/mol. The van der Waals surface area contributed by atoms with E-state index in [0.29, 0.717) is 6.04 Å². The van der Waals surface area contributed by atoms with E-state index in [-0.39, 0.29) is 13.5 Å². The lowest BCUT2D eigenvalue weighted by Crippen LogP contribution is -2.32. The van der Waals surface area contributed by atoms with Crippen molar-refractivity contribution in [1.82, 2.24) is 14.5 Å². The monoisotopic (exact) mass is 362 g/mol. The Hall–Kier alpha value is -2.17. The van der Waals surface area contributed by atoms with Gasteiger partial charge in [0.15, 0.2) is 0 Å². The topological polar surface area (TPSA) is 47.1 Å². The third-order valence-corrected chi connectivity index (χ3v) is 6.22. The van der Waals surface area contributed by atoms with Crippen molar-refractivity contribution in [1.29, 1.82) is 0 Å². The summed E-state index contributed by atoms with van der Waals surface area (Å²) in [5, 5.41) is 1.44. The summed E-state index contributed by atoms with van der Waals surface area (Å²) in [5.74, 6) is 0. The minimum absolute atomic E-state index is 0. The second kappa shape index (κ2) is 7.10. The number of hydrogen-bond donors (Lipinski definition) is 1. The van der Waals surface area contributed by atoms with Crippen LogP contribution < -0.4 is 5.73 Å². The van der Waals surface area contributed by atoms with Crippen molar-refractivity contribution in [2.75, 3.05) is 13.1 Å². The molecule has 1 fully saturated rings. The van der Waals surface area contributed by atoms with Gasteiger partial charge in [-0.05, 0) is 61.7 Å². The first-order valence-electron chi connectivity index (χ1n) is 9.73. The molecule has 0 aliphatic carbocycles. The second-order valence-electron chi connectivity index (χ2n) is 7.82. The Morgan fingerprint density at radius 3 is 2.81 bits per heavy atom. The third-order valence-electron chi connectivity index (χ3n) is 6.22. The zero-order chi connectivity index (χ0) is 17.7. The smallest absolute Gasteiger partial charge is 0.0486 e. The molecule has 3 aromatic rings. The molecule has 1 saturated heterocycles. The molecule has 0 radical (unpaired) electrons. The fraction of sp³-hybridized carbons (Fsp3) is 0.435. The van der Waals surface area contributed by atoms with Crippen LogP contribution in [0.2, 0.25) is 0 Å². The van der Waals surface area contributed by atoms with E-state index < -0.39 is 0 Å². The molecule has 1 aromatic carbocycles. The van der Waals surface area contributed by atoms with Crippen molar-refractivity contribution in [3.63, 3.8) is 0 Å². The molecular weight excluding hydrogens is 332 g/mol. The third kappa shape index (κ3) is 2.97. The van der Waals surface area contributed by atoms with Gasteiger partial charge in [-0.15, -0.1) is 0 Å². The van der Waals surface area contributed by atoms with Gasteiger partial charge in [0, 0.05) is 60.6 Å². The van der Waals surface area contributed by atoms with Gasteiger partial charge in [-0.1, -0.05) is 19.1 Å². The molecule has 0 bridgehead atoms. The minimum Gasteiger partial charge on any atom is -0.342 e. The number of nitrogens with zero attached hydrogens (tertiary/aromatic N) is 3. The summed E-state index contributed by atoms with van der Waals surface area (Å²) in [6, 6.07) is 11.6. The Bertz CT molecular complexity index is 944. The van der Waals surface area contributed by atoms with Gasteiger partial charge < -0.3 is 10.3 Å². The molecule has 2 atom stereocenters. The van der Waals surface area contributed by atoms with E-state index in [1.165, 1.54) is 48.1 Å². The van der Waals surface area contributed by atoms with Gasteiger partial charge in [0.1, 0.15) is 0 Å². The maximum absolute atomic E-state index is 6.59. The molecule has 0 amide bonds. The summed E-state index contributed by atoms with van der Waals surface area (Å²) in [5.41, 5.74) is 13.5. The maximum Gasteiger partial charge on any atom is 0.0486 e. The molecule has 2 aliphatic heterocycles. The van der Waals surface area contributed by atoms with E-state index in [4.69, 9.17) is 5.73 Å². The van der Waals surface area contributed by atoms with Crippen LogP contribution in [0, 0.1) is 6.92 Å². The summed E-state index contributed by atoms with van der Waals surface area (Å²) in [7, 11) is 0. The van der Waals surface area contributed by atoms with Gasteiger partial charge in [-0.2, -0.15) is 0 Å². The normalized spacial score (nSPS) is 20.1. The van der Waals surface area contributed by atoms with Crippen molar-refractivity contribution in [3.05, 3.63) is 65.1 Å². The standard InChI is InChI=1S/C22H26N4.CH4/c1-15-4-5-19-17(13-15)22-20-3-2-11-25(20)12-8-21(22)26(19)14-18(23)16-6-9-24-10-7-16;/h4-7,9-10,13,18,20H,2-3,8,11-12,14,23H2,1H3;1H4. The Labute approximate surface area is 162 Å². The number of pyridine rings is 1. The van der Waals surface area contributed by atoms with Gasteiger partial charge >= 0.3 is 0 Å². The van der Waals surface area contributed by atoms with Crippen molar-refractivity contribution in [2.45, 2.75) is 52.2 Å². The van der Waals surface area contributed by atoms with Crippen LogP contribution in [-0.4, -0.2) is 27.5 Å². The van der Waals surface area contributed by atoms with Crippen molar-refractivity contribution in [3.8, 4) is 0 Å². The predicted octanol–water partition coefficient (Wildman–Crippen LogP) is 4.37. The number of nitrogens with two attached hydrogens (primary N) is 1. The lowest BCUT2D eigenvalue weighted by Gasteiger charge is -2.31. The first-order chi connectivity index (χ1) is 12.7. The maximum atomic E-state index is 6.59. The summed E-state index contributed by atoms with van der Waals surface area (Å²) in [6.45, 7) is 5.45. The van der Waals surface area contributed by atoms with Crippen LogP contribution in [0.4, 0.5) is 0 Å². The van der Waals surface area contributed by atoms with E-state index in [1.807, 2.05) is 24.5 Å². The minimum atomic E-state index is -0.0133. The second-order valence-corrected chi connectivity index (χ2v) is 7.82. The van der Waals surface area contributed by atoms with Crippen LogP contribution >= 0.6 is 0 Å². The molecule has 2 N–H and O–H groups in total. The van der Waals surface area contributed by atoms with Crippen LogP contribution in [0.5, 0.6) is 0 Å². The number of benzene rings is 1. The molecular formula is C23H30N4. The molecule has 2 aliphatic rings. The number of aryl methyl sites for hydroxylation is 1. The van der Waals surface area contributed by atoms with E-state index in [2.05, 4.69) is 39.6 Å². The number of hydrogen-bond acceptors (Lipinski definition) is 3. The molecule has 2 aromatic heterocycles. The highest BCUT2D eigenvalue weighted by Gasteiger charge is 2.35. The molecule has 0 spiro atoms. The van der Waals surface area contributed by atoms with Gasteiger partial charge in [0.2, 0.25) is 0 Å². The Kier molecular flexibility index (Phi) is 4.79. The van der Waals surface area contributed by atoms with Crippen LogP contribution in [0.1, 0.15) is 54.7 Å². The summed E-state index contributed by atoms with van der Waals surface area (Å²) in [6.07, 6.45) is 7.40. The molecule has 4 nitrogen and oxygen atoms in total. The highest BCUT2D eigenvalue weighted by atomic mass is 15.2. The molecule has 2 unspecified atom stereocenters. The largest absolute Gasteiger partial charge is 0.342 e. The number of aromatic nitrogens is 2. The molecule has 142 valence electrons. The molecule has 4 heteroatoms. The van der Waals surface area contributed by atoms with E-state index in [9.17, 15) is 0 Å². The number of rotatable bonds is 3. The SMILES string of the molecule is C.Cc1ccc2c(c1)c1c(n2CC(N)c2ccncc2)CCN2CCCC12. The summed E-state index contributed by atoms with van der Waals surface area (Å²) < 4.78 is 2.50. The van der Waals surface area contributed by atoms with E-state index >= 15 is 0 Å². The zero-order valence-electron chi connectivity index (χ0n) is 15.4. The quantitative estimate of drug-likeness (QED) is 0.752. The first kappa shape index (κ1) is 18.2. The number of fused-ring (bicyclic) bond motifs is 5. The predicted molar refractivity (Wildman–Crippen MR) is 112 cm³/mol. The molecule has 27 heavy (non-hydrogen) atoms. The van der Waals surface area contributed by atoms with Gasteiger partial charge in [-0.25, -0.2) is 0 Å². The van der Waals surface area contributed by atoms with E-state index in [0.717, 1.165) is 18.5 Å². The summed E-state index contributed by atoms with van der Waals surface area (Å²) >= 11 is 0. The first-order valence-corrected chi connectivity index (χ1v) is 9.73.